The smallest absolute Gasteiger partial charge is 0.306 e. The van der Waals surface area contributed by atoms with Crippen LogP contribution in [0.1, 0.15) is 6.92 Å². The van der Waals surface area contributed by atoms with Crippen molar-refractivity contribution in [2.45, 2.75) is 6.92 Å². The van der Waals surface area contributed by atoms with Crippen LogP contribution in [0.5, 0.6) is 11.5 Å². The van der Waals surface area contributed by atoms with Crippen LogP contribution in [0.3, 0.4) is 0 Å². The average molecular weight is 246 g/mol. The molecule has 82 valence electrons. The molecule has 1 rings (SSSR count). The van der Waals surface area contributed by atoms with E-state index in [0.717, 1.165) is 6.26 Å². The Bertz CT molecular complexity index is 448. The molecule has 0 aliphatic carbocycles. The molecule has 15 heavy (non-hydrogen) atoms. The van der Waals surface area contributed by atoms with Gasteiger partial charge in [-0.1, -0.05) is 0 Å². The quantitative estimate of drug-likeness (QED) is 0.600. The van der Waals surface area contributed by atoms with E-state index in [1.807, 2.05) is 0 Å². The zero-order valence-corrected chi connectivity index (χ0v) is 9.89. The molecule has 0 spiro atoms. The summed E-state index contributed by atoms with van der Waals surface area (Å²) in [6.45, 7) is 1.65. The average Bonchev–Trinajstić information content (AvgIpc) is 2.05. The third-order valence-corrected chi connectivity index (χ3v) is 1.91. The highest BCUT2D eigenvalue weighted by Crippen LogP contribution is 2.18. The van der Waals surface area contributed by atoms with E-state index in [1.165, 1.54) is 12.1 Å². The molecule has 0 N–H and O–H groups in total. The Morgan fingerprint density at radius 2 is 1.67 bits per heavy atom. The van der Waals surface area contributed by atoms with Gasteiger partial charge in [-0.2, -0.15) is 8.42 Å². The van der Waals surface area contributed by atoms with Crippen LogP contribution >= 0.6 is 12.2 Å². The van der Waals surface area contributed by atoms with Crippen molar-refractivity contribution in [1.82, 2.24) is 0 Å². The monoisotopic (exact) mass is 246 g/mol. The van der Waals surface area contributed by atoms with Crippen LogP contribution < -0.4 is 8.92 Å². The third-order valence-electron chi connectivity index (χ3n) is 1.33. The first-order chi connectivity index (χ1) is 6.87. The van der Waals surface area contributed by atoms with Crippen molar-refractivity contribution in [1.29, 1.82) is 0 Å². The van der Waals surface area contributed by atoms with Crippen LogP contribution in [0.2, 0.25) is 0 Å². The van der Waals surface area contributed by atoms with E-state index in [2.05, 4.69) is 4.18 Å². The van der Waals surface area contributed by atoms with Crippen molar-refractivity contribution in [2.24, 2.45) is 0 Å². The molecule has 0 aliphatic rings. The van der Waals surface area contributed by atoms with Gasteiger partial charge in [0.1, 0.15) is 11.5 Å². The van der Waals surface area contributed by atoms with E-state index < -0.39 is 10.1 Å². The zero-order valence-electron chi connectivity index (χ0n) is 8.26. The third kappa shape index (κ3) is 4.75. The second-order valence-corrected chi connectivity index (χ2v) is 5.00. The molecule has 1 aromatic carbocycles. The van der Waals surface area contributed by atoms with Crippen molar-refractivity contribution in [2.75, 3.05) is 6.26 Å². The number of hydrogen-bond acceptors (Lipinski definition) is 5. The molecule has 0 saturated carbocycles. The van der Waals surface area contributed by atoms with E-state index in [1.54, 1.807) is 19.1 Å². The standard InChI is InChI=1S/C9H10O4S2/c1-7(14)12-8-3-5-9(6-4-8)13-15(2,10)11/h3-6H,1-2H3. The maximum atomic E-state index is 10.8. The van der Waals surface area contributed by atoms with Gasteiger partial charge in [-0.15, -0.1) is 0 Å². The molecule has 0 unspecified atom stereocenters. The van der Waals surface area contributed by atoms with Crippen LogP contribution in [0.4, 0.5) is 0 Å². The Kier molecular flexibility index (Phi) is 3.65. The van der Waals surface area contributed by atoms with Gasteiger partial charge in [-0.05, 0) is 36.5 Å². The molecule has 0 fully saturated rings. The summed E-state index contributed by atoms with van der Waals surface area (Å²) in [5.74, 6) is 0.787. The van der Waals surface area contributed by atoms with Gasteiger partial charge < -0.3 is 8.92 Å². The molecule has 0 aliphatic heterocycles. The summed E-state index contributed by atoms with van der Waals surface area (Å²) in [6.07, 6.45) is 0.985. The molecule has 0 aromatic heterocycles. The first kappa shape index (κ1) is 11.9. The van der Waals surface area contributed by atoms with Gasteiger partial charge in [0.15, 0.2) is 5.05 Å². The molecule has 0 amide bonds. The van der Waals surface area contributed by atoms with Crippen molar-refractivity contribution >= 4 is 27.4 Å². The Morgan fingerprint density at radius 3 is 2.07 bits per heavy atom. The molecule has 0 saturated heterocycles. The number of ether oxygens (including phenoxy) is 1. The second-order valence-electron chi connectivity index (χ2n) is 2.85. The van der Waals surface area contributed by atoms with Crippen LogP contribution in [-0.4, -0.2) is 19.7 Å². The number of thiocarbonyl (C=S) groups is 1. The molecule has 0 bridgehead atoms. The summed E-state index contributed by atoms with van der Waals surface area (Å²) in [6, 6.07) is 6.15. The van der Waals surface area contributed by atoms with E-state index in [-0.39, 0.29) is 5.75 Å². The summed E-state index contributed by atoms with van der Waals surface area (Å²) >= 11 is 4.75. The zero-order chi connectivity index (χ0) is 11.5. The fraction of sp³-hybridized carbons (Fsp3) is 0.222. The second kappa shape index (κ2) is 4.59. The highest BCUT2D eigenvalue weighted by Gasteiger charge is 2.04. The van der Waals surface area contributed by atoms with Gasteiger partial charge in [-0.3, -0.25) is 0 Å². The highest BCUT2D eigenvalue weighted by molar-refractivity contribution is 7.86. The fourth-order valence-corrected chi connectivity index (χ4v) is 1.46. The number of hydrogen-bond donors (Lipinski definition) is 0. The normalized spacial score (nSPS) is 10.8. The minimum absolute atomic E-state index is 0.242. The van der Waals surface area contributed by atoms with Crippen molar-refractivity contribution in [3.8, 4) is 11.5 Å². The van der Waals surface area contributed by atoms with Gasteiger partial charge in [0.25, 0.3) is 0 Å². The van der Waals surface area contributed by atoms with Crippen molar-refractivity contribution in [3.05, 3.63) is 24.3 Å². The minimum Gasteiger partial charge on any atom is -0.451 e. The van der Waals surface area contributed by atoms with E-state index in [0.29, 0.717) is 10.8 Å². The highest BCUT2D eigenvalue weighted by atomic mass is 32.2. The lowest BCUT2D eigenvalue weighted by molar-refractivity contribution is 0.491. The predicted octanol–water partition coefficient (Wildman–Crippen LogP) is 1.75. The molecule has 6 heteroatoms. The predicted molar refractivity (Wildman–Crippen MR) is 60.8 cm³/mol. The van der Waals surface area contributed by atoms with Crippen LogP contribution in [0, 0.1) is 0 Å². The molecular weight excluding hydrogens is 236 g/mol. The lowest BCUT2D eigenvalue weighted by atomic mass is 10.3. The van der Waals surface area contributed by atoms with Crippen LogP contribution in [0.15, 0.2) is 24.3 Å². The molecule has 0 heterocycles. The van der Waals surface area contributed by atoms with Gasteiger partial charge >= 0.3 is 10.1 Å². The van der Waals surface area contributed by atoms with Crippen LogP contribution in [0.25, 0.3) is 0 Å². The Morgan fingerprint density at radius 1 is 1.20 bits per heavy atom. The summed E-state index contributed by atoms with van der Waals surface area (Å²) in [5, 5.41) is 0.395. The van der Waals surface area contributed by atoms with E-state index in [9.17, 15) is 8.42 Å². The van der Waals surface area contributed by atoms with Gasteiger partial charge in [-0.25, -0.2) is 0 Å². The Balaban J connectivity index is 2.77. The number of benzene rings is 1. The first-order valence-corrected chi connectivity index (χ1v) is 6.27. The molecule has 1 aromatic rings. The van der Waals surface area contributed by atoms with Gasteiger partial charge in [0, 0.05) is 6.92 Å². The molecule has 4 nitrogen and oxygen atoms in total. The Hall–Kier alpha value is -1.14. The maximum absolute atomic E-state index is 10.8. The van der Waals surface area contributed by atoms with E-state index in [4.69, 9.17) is 17.0 Å². The maximum Gasteiger partial charge on any atom is 0.306 e. The minimum atomic E-state index is -3.48. The van der Waals surface area contributed by atoms with Crippen molar-refractivity contribution in [3.63, 3.8) is 0 Å². The van der Waals surface area contributed by atoms with Crippen LogP contribution in [-0.2, 0) is 10.1 Å². The molecular formula is C9H10O4S2. The fourth-order valence-electron chi connectivity index (χ4n) is 0.904. The van der Waals surface area contributed by atoms with Gasteiger partial charge in [0.2, 0.25) is 0 Å². The lowest BCUT2D eigenvalue weighted by Crippen LogP contribution is -2.05. The summed E-state index contributed by atoms with van der Waals surface area (Å²) in [5.41, 5.74) is 0. The van der Waals surface area contributed by atoms with Gasteiger partial charge in [0.05, 0.1) is 6.26 Å². The largest absolute Gasteiger partial charge is 0.451 e. The first-order valence-electron chi connectivity index (χ1n) is 4.05. The molecule has 0 radical (unpaired) electrons. The van der Waals surface area contributed by atoms with E-state index >= 15 is 0 Å². The molecule has 0 atom stereocenters. The summed E-state index contributed by atoms with van der Waals surface area (Å²) < 4.78 is 31.3. The number of rotatable bonds is 3. The SMILES string of the molecule is CC(=S)Oc1ccc(OS(C)(=O)=O)cc1. The summed E-state index contributed by atoms with van der Waals surface area (Å²) in [7, 11) is -3.48. The lowest BCUT2D eigenvalue weighted by Gasteiger charge is -2.05. The topological polar surface area (TPSA) is 52.6 Å². The van der Waals surface area contributed by atoms with Crippen molar-refractivity contribution < 1.29 is 17.3 Å². The summed E-state index contributed by atoms with van der Waals surface area (Å²) in [4.78, 5) is 0. The Labute approximate surface area is 93.9 Å².